The molecule has 0 fully saturated rings. The van der Waals surface area contributed by atoms with Crippen LogP contribution in [0.15, 0.2) is 47.0 Å². The molecule has 0 aliphatic rings. The van der Waals surface area contributed by atoms with Crippen LogP contribution in [0.2, 0.25) is 0 Å². The first kappa shape index (κ1) is 9.72. The van der Waals surface area contributed by atoms with Crippen LogP contribution in [0.1, 0.15) is 19.4 Å². The fourth-order valence-corrected chi connectivity index (χ4v) is 0.953. The van der Waals surface area contributed by atoms with Gasteiger partial charge in [0.25, 0.3) is 0 Å². The van der Waals surface area contributed by atoms with Gasteiger partial charge in [0.1, 0.15) is 0 Å². The van der Waals surface area contributed by atoms with Crippen molar-refractivity contribution in [1.82, 2.24) is 0 Å². The lowest BCUT2D eigenvalue weighted by Crippen LogP contribution is -1.82. The van der Waals surface area contributed by atoms with Gasteiger partial charge in [-0.05, 0) is 25.0 Å². The number of benzene rings is 1. The molecule has 1 nitrogen and oxygen atoms in total. The highest BCUT2D eigenvalue weighted by Gasteiger charge is 1.85. The summed E-state index contributed by atoms with van der Waals surface area (Å²) in [4.78, 5) is 4.32. The Bertz CT molecular complexity index is 296. The average molecular weight is 173 g/mol. The average Bonchev–Trinajstić information content (AvgIpc) is 2.19. The van der Waals surface area contributed by atoms with Gasteiger partial charge < -0.3 is 0 Å². The van der Waals surface area contributed by atoms with Gasteiger partial charge in [0.15, 0.2) is 0 Å². The summed E-state index contributed by atoms with van der Waals surface area (Å²) in [6.45, 7) is 4.84. The Kier molecular flexibility index (Phi) is 3.97. The molecule has 0 bridgehead atoms. The van der Waals surface area contributed by atoms with Crippen molar-refractivity contribution in [3.63, 3.8) is 0 Å². The highest BCUT2D eigenvalue weighted by atomic mass is 14.7. The standard InChI is InChI=1S/C12H15N/c1-3-11(2)9-13-10-12-7-5-4-6-8-12/h3-9H,10H2,1-2H3. The number of allylic oxidation sites excluding steroid dienone is 2. The lowest BCUT2D eigenvalue weighted by molar-refractivity contribution is 1.08. The van der Waals surface area contributed by atoms with E-state index in [0.717, 1.165) is 6.54 Å². The fourth-order valence-electron chi connectivity index (χ4n) is 0.953. The molecule has 0 heterocycles. The van der Waals surface area contributed by atoms with Crippen molar-refractivity contribution in [2.24, 2.45) is 4.99 Å². The molecule has 1 aromatic carbocycles. The Balaban J connectivity index is 2.48. The second-order valence-corrected chi connectivity index (χ2v) is 2.99. The van der Waals surface area contributed by atoms with E-state index in [1.165, 1.54) is 11.1 Å². The summed E-state index contributed by atoms with van der Waals surface area (Å²) in [5.41, 5.74) is 2.46. The third-order valence-corrected chi connectivity index (χ3v) is 1.87. The normalized spacial score (nSPS) is 12.3. The molecule has 0 N–H and O–H groups in total. The summed E-state index contributed by atoms with van der Waals surface area (Å²) in [5, 5.41) is 0. The van der Waals surface area contributed by atoms with Gasteiger partial charge in [-0.2, -0.15) is 0 Å². The van der Waals surface area contributed by atoms with E-state index in [1.54, 1.807) is 0 Å². The maximum Gasteiger partial charge on any atom is 0.0639 e. The molecular weight excluding hydrogens is 158 g/mol. The van der Waals surface area contributed by atoms with Crippen molar-refractivity contribution in [2.45, 2.75) is 20.4 Å². The molecule has 0 amide bonds. The summed E-state index contributed by atoms with van der Waals surface area (Å²) in [7, 11) is 0. The molecule has 0 aliphatic heterocycles. The number of rotatable bonds is 3. The maximum absolute atomic E-state index is 4.32. The van der Waals surface area contributed by atoms with Crippen LogP contribution >= 0.6 is 0 Å². The molecule has 68 valence electrons. The van der Waals surface area contributed by atoms with E-state index >= 15 is 0 Å². The first-order chi connectivity index (χ1) is 6.33. The molecule has 0 spiro atoms. The molecule has 1 aromatic rings. The van der Waals surface area contributed by atoms with Crippen LogP contribution in [0.3, 0.4) is 0 Å². The zero-order chi connectivity index (χ0) is 9.52. The highest BCUT2D eigenvalue weighted by Crippen LogP contribution is 2.00. The lowest BCUT2D eigenvalue weighted by Gasteiger charge is -1.94. The Labute approximate surface area is 79.8 Å². The molecule has 1 rings (SSSR count). The summed E-state index contributed by atoms with van der Waals surface area (Å²) in [6.07, 6.45) is 3.96. The van der Waals surface area contributed by atoms with Gasteiger partial charge in [-0.25, -0.2) is 0 Å². The number of hydrogen-bond acceptors (Lipinski definition) is 1. The molecule has 0 aliphatic carbocycles. The van der Waals surface area contributed by atoms with Gasteiger partial charge in [-0.3, -0.25) is 4.99 Å². The second-order valence-electron chi connectivity index (χ2n) is 2.99. The van der Waals surface area contributed by atoms with E-state index in [9.17, 15) is 0 Å². The predicted octanol–water partition coefficient (Wildman–Crippen LogP) is 3.22. The SMILES string of the molecule is CC=C(C)C=NCc1ccccc1. The summed E-state index contributed by atoms with van der Waals surface area (Å²) < 4.78 is 0. The van der Waals surface area contributed by atoms with Crippen LogP contribution in [0, 0.1) is 0 Å². The van der Waals surface area contributed by atoms with Gasteiger partial charge in [-0.1, -0.05) is 36.4 Å². The van der Waals surface area contributed by atoms with Crippen LogP contribution < -0.4 is 0 Å². The van der Waals surface area contributed by atoms with Crippen molar-refractivity contribution in [3.8, 4) is 0 Å². The van der Waals surface area contributed by atoms with E-state index in [0.29, 0.717) is 0 Å². The van der Waals surface area contributed by atoms with Crippen LogP contribution in [0.4, 0.5) is 0 Å². The van der Waals surface area contributed by atoms with E-state index in [4.69, 9.17) is 0 Å². The van der Waals surface area contributed by atoms with E-state index in [1.807, 2.05) is 31.3 Å². The van der Waals surface area contributed by atoms with Crippen molar-refractivity contribution < 1.29 is 0 Å². The van der Waals surface area contributed by atoms with E-state index in [-0.39, 0.29) is 0 Å². The van der Waals surface area contributed by atoms with E-state index < -0.39 is 0 Å². The molecular formula is C12H15N. The van der Waals surface area contributed by atoms with Gasteiger partial charge in [0.2, 0.25) is 0 Å². The number of hydrogen-bond donors (Lipinski definition) is 0. The topological polar surface area (TPSA) is 12.4 Å². The minimum Gasteiger partial charge on any atom is -0.288 e. The van der Waals surface area contributed by atoms with Gasteiger partial charge >= 0.3 is 0 Å². The van der Waals surface area contributed by atoms with Crippen molar-refractivity contribution in [2.75, 3.05) is 0 Å². The quantitative estimate of drug-likeness (QED) is 0.622. The molecule has 0 saturated heterocycles. The maximum atomic E-state index is 4.32. The Morgan fingerprint density at radius 3 is 2.62 bits per heavy atom. The predicted molar refractivity (Wildman–Crippen MR) is 58.1 cm³/mol. The van der Waals surface area contributed by atoms with Crippen LogP contribution in [0.25, 0.3) is 0 Å². The smallest absolute Gasteiger partial charge is 0.0639 e. The first-order valence-corrected chi connectivity index (χ1v) is 4.49. The molecule has 0 radical (unpaired) electrons. The largest absolute Gasteiger partial charge is 0.288 e. The van der Waals surface area contributed by atoms with Crippen LogP contribution in [-0.2, 0) is 6.54 Å². The minimum absolute atomic E-state index is 0.770. The van der Waals surface area contributed by atoms with Crippen LogP contribution in [-0.4, -0.2) is 6.21 Å². The molecule has 0 aromatic heterocycles. The fraction of sp³-hybridized carbons (Fsp3) is 0.250. The van der Waals surface area contributed by atoms with E-state index in [2.05, 4.69) is 30.1 Å². The van der Waals surface area contributed by atoms with Crippen molar-refractivity contribution >= 4 is 6.21 Å². The first-order valence-electron chi connectivity index (χ1n) is 4.49. The summed E-state index contributed by atoms with van der Waals surface area (Å²) in [5.74, 6) is 0. The van der Waals surface area contributed by atoms with Gasteiger partial charge in [-0.15, -0.1) is 0 Å². The molecule has 0 atom stereocenters. The third-order valence-electron chi connectivity index (χ3n) is 1.87. The third kappa shape index (κ3) is 3.70. The zero-order valence-electron chi connectivity index (χ0n) is 8.20. The molecule has 0 unspecified atom stereocenters. The van der Waals surface area contributed by atoms with Gasteiger partial charge in [0.05, 0.1) is 6.54 Å². The summed E-state index contributed by atoms with van der Waals surface area (Å²) in [6, 6.07) is 10.3. The zero-order valence-corrected chi connectivity index (χ0v) is 8.20. The minimum atomic E-state index is 0.770. The summed E-state index contributed by atoms with van der Waals surface area (Å²) >= 11 is 0. The van der Waals surface area contributed by atoms with Gasteiger partial charge in [0, 0.05) is 6.21 Å². The highest BCUT2D eigenvalue weighted by molar-refractivity contribution is 5.77. The van der Waals surface area contributed by atoms with Crippen LogP contribution in [0.5, 0.6) is 0 Å². The molecule has 13 heavy (non-hydrogen) atoms. The Morgan fingerprint density at radius 1 is 1.31 bits per heavy atom. The molecule has 0 saturated carbocycles. The van der Waals surface area contributed by atoms with Crippen molar-refractivity contribution in [3.05, 3.63) is 47.5 Å². The Morgan fingerprint density at radius 2 is 2.00 bits per heavy atom. The Hall–Kier alpha value is -1.37. The second kappa shape index (κ2) is 5.31. The van der Waals surface area contributed by atoms with Crippen molar-refractivity contribution in [1.29, 1.82) is 0 Å². The lowest BCUT2D eigenvalue weighted by atomic mass is 10.2. The monoisotopic (exact) mass is 173 g/mol. The number of aliphatic imine (C=N–C) groups is 1. The number of nitrogens with zero attached hydrogens (tertiary/aromatic N) is 1. The molecule has 1 heteroatoms.